The Balaban J connectivity index is -0.00000000859. The van der Waals surface area contributed by atoms with E-state index in [2.05, 4.69) is 0 Å². The van der Waals surface area contributed by atoms with Crippen LogP contribution in [0.15, 0.2) is 0 Å². The van der Waals surface area contributed by atoms with Crippen molar-refractivity contribution >= 4 is 19.4 Å². The summed E-state index contributed by atoms with van der Waals surface area (Å²) >= 11 is 0. The van der Waals surface area contributed by atoms with Gasteiger partial charge < -0.3 is 31.1 Å². The first-order valence-electron chi connectivity index (χ1n) is 2.09. The molecule has 9 nitrogen and oxygen atoms in total. The Labute approximate surface area is 80.2 Å². The maximum atomic E-state index is 8.36. The molecule has 0 aromatic carbocycles. The van der Waals surface area contributed by atoms with E-state index in [9.17, 15) is 0 Å². The molecule has 9 heteroatoms. The number of rotatable bonds is 0. The zero-order chi connectivity index (χ0) is 11.4. The van der Waals surface area contributed by atoms with Crippen molar-refractivity contribution in [2.45, 2.75) is 0 Å². The Bertz CT molecular complexity index is 67.6. The van der Waals surface area contributed by atoms with Gasteiger partial charge in [0.15, 0.2) is 0 Å². The van der Waals surface area contributed by atoms with Gasteiger partial charge in [-0.1, -0.05) is 0 Å². The number of aliphatic hydroxyl groups is 2. The number of aliphatic hydroxyl groups excluding tert-OH is 2. The zero-order valence-corrected chi connectivity index (χ0v) is 7.76. The van der Waals surface area contributed by atoms with Gasteiger partial charge in [0.25, 0.3) is 6.47 Å². The molecule has 0 aromatic rings. The van der Waals surface area contributed by atoms with Gasteiger partial charge in [0.05, 0.1) is 0 Å². The van der Waals surface area contributed by atoms with E-state index in [0.29, 0.717) is 0 Å². The molecule has 0 heterocycles. The van der Waals surface area contributed by atoms with E-state index >= 15 is 0 Å². The van der Waals surface area contributed by atoms with E-state index < -0.39 is 0 Å². The van der Waals surface area contributed by atoms with Crippen LogP contribution in [0.3, 0.4) is 0 Å². The maximum Gasteiger partial charge on any atom is 0.373 e. The molecule has 0 saturated carbocycles. The number of hydrogen-bond donors (Lipinski definition) is 3. The highest BCUT2D eigenvalue weighted by atomic mass is 16.3. The van der Waals surface area contributed by atoms with Gasteiger partial charge in [-0.3, -0.25) is 4.79 Å². The molecule has 0 bridgehead atoms. The molecule has 0 radical (unpaired) electrons. The Morgan fingerprint density at radius 2 is 1.00 bits per heavy atom. The minimum Gasteiger partial charge on any atom is -0.483 e. The SMILES string of the molecule is C=O.CO.CO.O.O.O=C=O.O=CO. The molecule has 0 aliphatic rings. The van der Waals surface area contributed by atoms with Crippen molar-refractivity contribution in [1.82, 2.24) is 0 Å². The molecule has 0 aliphatic carbocycles. The summed E-state index contributed by atoms with van der Waals surface area (Å²) in [6.45, 7) is 1.75. The summed E-state index contributed by atoms with van der Waals surface area (Å²) in [7, 11) is 2.00. The lowest BCUT2D eigenvalue weighted by Crippen LogP contribution is -1.49. The fourth-order valence-electron chi connectivity index (χ4n) is 0. The Hall–Kier alpha value is -1.64. The summed E-state index contributed by atoms with van der Waals surface area (Å²) in [6, 6.07) is 0. The van der Waals surface area contributed by atoms with Crippen molar-refractivity contribution in [2.75, 3.05) is 14.2 Å². The second-order valence-corrected chi connectivity index (χ2v) is 0.189. The third kappa shape index (κ3) is 337. The average Bonchev–Trinajstić information content (AvgIpc) is 2.16. The molecule has 0 unspecified atom stereocenters. The standard InChI is InChI=1S/CH2O2.CO2.2CH4O.CH2O.2H2O/c2*2-1-3;3*1-2;;/h1H,(H,2,3);;2*2H,1H3;1H2;2*1H2. The average molecular weight is 220 g/mol. The summed E-state index contributed by atoms with van der Waals surface area (Å²) in [6.07, 6.45) is 0.250. The molecule has 0 saturated heterocycles. The van der Waals surface area contributed by atoms with Crippen molar-refractivity contribution < 1.29 is 45.5 Å². The lowest BCUT2D eigenvalue weighted by molar-refractivity contribution is -0.191. The van der Waals surface area contributed by atoms with Gasteiger partial charge in [-0.15, -0.1) is 0 Å². The lowest BCUT2D eigenvalue weighted by atomic mass is 11.7. The van der Waals surface area contributed by atoms with E-state index in [1.807, 2.05) is 6.79 Å². The van der Waals surface area contributed by atoms with Crippen LogP contribution in [-0.4, -0.2) is 59.9 Å². The van der Waals surface area contributed by atoms with E-state index in [-0.39, 0.29) is 23.6 Å². The summed E-state index contributed by atoms with van der Waals surface area (Å²) < 4.78 is 0. The second-order valence-electron chi connectivity index (χ2n) is 0.189. The second kappa shape index (κ2) is 9410. The third-order valence-electron chi connectivity index (χ3n) is 0. The molecule has 0 rings (SSSR count). The van der Waals surface area contributed by atoms with Gasteiger partial charge in [-0.25, -0.2) is 0 Å². The fourth-order valence-corrected chi connectivity index (χ4v) is 0. The van der Waals surface area contributed by atoms with E-state index in [1.165, 1.54) is 0 Å². The Morgan fingerprint density at radius 1 is 1.00 bits per heavy atom. The third-order valence-corrected chi connectivity index (χ3v) is 0. The van der Waals surface area contributed by atoms with Crippen LogP contribution in [0.5, 0.6) is 0 Å². The Morgan fingerprint density at radius 3 is 1.00 bits per heavy atom. The van der Waals surface area contributed by atoms with Crippen LogP contribution in [0.4, 0.5) is 0 Å². The highest BCUT2D eigenvalue weighted by molar-refractivity contribution is 5.32. The van der Waals surface area contributed by atoms with Crippen LogP contribution in [0.2, 0.25) is 0 Å². The zero-order valence-electron chi connectivity index (χ0n) is 7.76. The van der Waals surface area contributed by atoms with Crippen LogP contribution in [0.1, 0.15) is 0 Å². The van der Waals surface area contributed by atoms with Crippen molar-refractivity contribution in [3.8, 4) is 0 Å². The summed E-state index contributed by atoms with van der Waals surface area (Å²) in [5, 5.41) is 20.9. The highest BCUT2D eigenvalue weighted by Crippen LogP contribution is 0.966. The molecule has 0 atom stereocenters. The topological polar surface area (TPSA) is 192 Å². The molecular formula is C5H16O9. The minimum absolute atomic E-state index is 0. The van der Waals surface area contributed by atoms with Gasteiger partial charge in [-0.05, 0) is 0 Å². The molecule has 14 heavy (non-hydrogen) atoms. The quantitative estimate of drug-likeness (QED) is 0.352. The van der Waals surface area contributed by atoms with Gasteiger partial charge in [0.2, 0.25) is 0 Å². The fraction of sp³-hybridized carbons (Fsp3) is 0.400. The Kier molecular flexibility index (Phi) is 37300. The highest BCUT2D eigenvalue weighted by Gasteiger charge is 1.22. The predicted octanol–water partition coefficient (Wildman–Crippen LogP) is -3.50. The molecule has 0 spiro atoms. The molecular weight excluding hydrogens is 204 g/mol. The first-order chi connectivity index (χ1) is 5.83. The lowest BCUT2D eigenvalue weighted by Gasteiger charge is -1.34. The van der Waals surface area contributed by atoms with Crippen molar-refractivity contribution in [1.29, 1.82) is 0 Å². The van der Waals surface area contributed by atoms with Crippen molar-refractivity contribution in [3.63, 3.8) is 0 Å². The first-order valence-corrected chi connectivity index (χ1v) is 2.09. The molecule has 0 fully saturated rings. The van der Waals surface area contributed by atoms with Crippen LogP contribution in [0, 0.1) is 0 Å². The minimum atomic E-state index is -0.250. The van der Waals surface area contributed by atoms with E-state index in [0.717, 1.165) is 14.2 Å². The van der Waals surface area contributed by atoms with Gasteiger partial charge in [0, 0.05) is 14.2 Å². The van der Waals surface area contributed by atoms with Crippen molar-refractivity contribution in [2.24, 2.45) is 0 Å². The summed E-state index contributed by atoms with van der Waals surface area (Å²) in [5.74, 6) is 0. The van der Waals surface area contributed by atoms with E-state index in [4.69, 9.17) is 34.5 Å². The normalized spacial score (nSPS) is 2.57. The molecule has 90 valence electrons. The monoisotopic (exact) mass is 220 g/mol. The molecule has 0 amide bonds. The predicted molar refractivity (Wildman–Crippen MR) is 44.3 cm³/mol. The number of carbonyl (C=O) groups is 2. The van der Waals surface area contributed by atoms with Crippen molar-refractivity contribution in [3.05, 3.63) is 0 Å². The van der Waals surface area contributed by atoms with Crippen LogP contribution in [0.25, 0.3) is 0 Å². The maximum absolute atomic E-state index is 8.36. The largest absolute Gasteiger partial charge is 0.483 e. The molecule has 7 N–H and O–H groups in total. The van der Waals surface area contributed by atoms with Gasteiger partial charge in [-0.2, -0.15) is 9.59 Å². The van der Waals surface area contributed by atoms with Crippen LogP contribution in [-0.2, 0) is 19.2 Å². The smallest absolute Gasteiger partial charge is 0.373 e. The molecule has 0 aliphatic heterocycles. The van der Waals surface area contributed by atoms with E-state index in [1.54, 1.807) is 0 Å². The first kappa shape index (κ1) is 55.5. The number of hydrogen-bond acceptors (Lipinski definition) is 6. The van der Waals surface area contributed by atoms with Gasteiger partial charge >= 0.3 is 6.15 Å². The number of carboxylic acid groups (broad SMARTS) is 1. The van der Waals surface area contributed by atoms with Crippen LogP contribution < -0.4 is 0 Å². The van der Waals surface area contributed by atoms with Gasteiger partial charge in [0.1, 0.15) is 6.79 Å². The van der Waals surface area contributed by atoms with Crippen LogP contribution >= 0.6 is 0 Å². The summed E-state index contributed by atoms with van der Waals surface area (Å²) in [5.41, 5.74) is 0. The number of carbonyl (C=O) groups excluding carboxylic acids is 3. The summed E-state index contributed by atoms with van der Waals surface area (Å²) in [4.78, 5) is 32.6. The molecule has 0 aromatic heterocycles.